The van der Waals surface area contributed by atoms with Crippen molar-refractivity contribution in [3.63, 3.8) is 0 Å². The van der Waals surface area contributed by atoms with Crippen molar-refractivity contribution in [1.29, 1.82) is 0 Å². The van der Waals surface area contributed by atoms with E-state index in [1.165, 1.54) is 12.3 Å². The van der Waals surface area contributed by atoms with Crippen LogP contribution in [0.2, 0.25) is 0 Å². The Hall–Kier alpha value is -3.39. The van der Waals surface area contributed by atoms with Gasteiger partial charge in [-0.2, -0.15) is 5.10 Å². The molecule has 0 fully saturated rings. The van der Waals surface area contributed by atoms with Crippen LogP contribution < -0.4 is 10.2 Å². The van der Waals surface area contributed by atoms with E-state index in [9.17, 15) is 14.7 Å². The molecule has 1 aromatic carbocycles. The van der Waals surface area contributed by atoms with Gasteiger partial charge in [0.15, 0.2) is 5.43 Å². The summed E-state index contributed by atoms with van der Waals surface area (Å²) in [4.78, 5) is 24.6. The number of nitrogens with zero attached hydrogens (tertiary/aromatic N) is 3. The van der Waals surface area contributed by atoms with E-state index >= 15 is 0 Å². The number of hydrogen-bond donors (Lipinski definition) is 1. The summed E-state index contributed by atoms with van der Waals surface area (Å²) in [6.45, 7) is 11.5. The monoisotopic (exact) mass is 493 g/mol. The zero-order chi connectivity index (χ0) is 26.4. The van der Waals surface area contributed by atoms with Gasteiger partial charge in [0.2, 0.25) is 0 Å². The molecule has 8 nitrogen and oxygen atoms in total. The Labute approximate surface area is 211 Å². The summed E-state index contributed by atoms with van der Waals surface area (Å²) >= 11 is 0. The van der Waals surface area contributed by atoms with E-state index in [0.717, 1.165) is 51.5 Å². The molecule has 1 aliphatic heterocycles. The lowest BCUT2D eigenvalue weighted by atomic mass is 9.78. The Morgan fingerprint density at radius 3 is 2.47 bits per heavy atom. The second-order valence-electron chi connectivity index (χ2n) is 10.6. The van der Waals surface area contributed by atoms with Crippen molar-refractivity contribution in [1.82, 2.24) is 14.3 Å². The lowest BCUT2D eigenvalue weighted by Crippen LogP contribution is -2.32. The molecule has 0 saturated heterocycles. The largest absolute Gasteiger partial charge is 0.493 e. The fourth-order valence-corrected chi connectivity index (χ4v) is 5.11. The van der Waals surface area contributed by atoms with Crippen LogP contribution in [-0.4, -0.2) is 45.7 Å². The molecule has 8 heteroatoms. The summed E-state index contributed by atoms with van der Waals surface area (Å²) in [7, 11) is 3.59. The van der Waals surface area contributed by atoms with Crippen molar-refractivity contribution >= 4 is 5.97 Å². The second kappa shape index (κ2) is 9.58. The number of aromatic nitrogens is 3. The molecule has 0 radical (unpaired) electrons. The number of carboxylic acids is 1. The first kappa shape index (κ1) is 25.7. The van der Waals surface area contributed by atoms with Gasteiger partial charge in [-0.25, -0.2) is 4.79 Å². The number of methoxy groups -OCH3 is 1. The molecule has 36 heavy (non-hydrogen) atoms. The Morgan fingerprint density at radius 2 is 1.89 bits per heavy atom. The Balaban J connectivity index is 1.97. The van der Waals surface area contributed by atoms with Crippen molar-refractivity contribution in [2.45, 2.75) is 53.5 Å². The first-order valence-electron chi connectivity index (χ1n) is 12.2. The van der Waals surface area contributed by atoms with Gasteiger partial charge in [-0.3, -0.25) is 9.48 Å². The predicted molar refractivity (Wildman–Crippen MR) is 139 cm³/mol. The second-order valence-corrected chi connectivity index (χ2v) is 10.6. The first-order valence-corrected chi connectivity index (χ1v) is 12.2. The van der Waals surface area contributed by atoms with Crippen molar-refractivity contribution in [3.05, 3.63) is 57.1 Å². The molecule has 3 aromatic rings. The standard InChI is InChI=1S/C28H35N3O5/c1-16-26(17(2)30(6)29-16)20-13-19-18(11-24(20)36-10-8-9-35-7)12-25(28(3,4)5)31-15-21(27(33)34)23(32)14-22(19)31/h11,13-15,25H,8-10,12H2,1-7H3,(H,33,34). The highest BCUT2D eigenvalue weighted by atomic mass is 16.5. The van der Waals surface area contributed by atoms with Gasteiger partial charge in [-0.15, -0.1) is 0 Å². The van der Waals surface area contributed by atoms with Crippen LogP contribution in [0.3, 0.4) is 0 Å². The summed E-state index contributed by atoms with van der Waals surface area (Å²) in [5.41, 5.74) is 5.62. The molecule has 0 spiro atoms. The van der Waals surface area contributed by atoms with Crippen molar-refractivity contribution in [3.8, 4) is 28.1 Å². The molecule has 4 rings (SSSR count). The lowest BCUT2D eigenvalue weighted by Gasteiger charge is -2.39. The molecule has 1 aliphatic rings. The van der Waals surface area contributed by atoms with E-state index in [1.807, 2.05) is 30.1 Å². The number of pyridine rings is 1. The van der Waals surface area contributed by atoms with Gasteiger partial charge >= 0.3 is 5.97 Å². The van der Waals surface area contributed by atoms with E-state index in [2.05, 4.69) is 38.0 Å². The van der Waals surface area contributed by atoms with Gasteiger partial charge in [-0.05, 0) is 43.4 Å². The average molecular weight is 494 g/mol. The molecule has 0 saturated carbocycles. The zero-order valence-electron chi connectivity index (χ0n) is 22.1. The molecular formula is C28H35N3O5. The molecular weight excluding hydrogens is 458 g/mol. The van der Waals surface area contributed by atoms with Crippen molar-refractivity contribution in [2.75, 3.05) is 20.3 Å². The van der Waals surface area contributed by atoms with Crippen LogP contribution in [0.15, 0.2) is 29.2 Å². The third-order valence-electron chi connectivity index (χ3n) is 7.07. The minimum absolute atomic E-state index is 0.0345. The van der Waals surface area contributed by atoms with Gasteiger partial charge in [0.25, 0.3) is 0 Å². The summed E-state index contributed by atoms with van der Waals surface area (Å²) < 4.78 is 15.3. The fraction of sp³-hybridized carbons (Fsp3) is 0.464. The number of rotatable bonds is 7. The van der Waals surface area contributed by atoms with E-state index in [4.69, 9.17) is 9.47 Å². The highest BCUT2D eigenvalue weighted by Gasteiger charge is 2.34. The van der Waals surface area contributed by atoms with E-state index in [-0.39, 0.29) is 17.0 Å². The summed E-state index contributed by atoms with van der Waals surface area (Å²) in [5.74, 6) is -0.439. The Morgan fingerprint density at radius 1 is 1.17 bits per heavy atom. The van der Waals surface area contributed by atoms with Crippen LogP contribution in [0.5, 0.6) is 5.75 Å². The number of benzene rings is 1. The third kappa shape index (κ3) is 4.57. The Bertz CT molecular complexity index is 1380. The van der Waals surface area contributed by atoms with E-state index in [1.54, 1.807) is 7.11 Å². The summed E-state index contributed by atoms with van der Waals surface area (Å²) in [5, 5.41) is 14.2. The molecule has 1 atom stereocenters. The van der Waals surface area contributed by atoms with E-state index < -0.39 is 11.4 Å². The number of carbonyl (C=O) groups is 1. The number of carboxylic acid groups (broad SMARTS) is 1. The normalized spacial score (nSPS) is 14.9. The lowest BCUT2D eigenvalue weighted by molar-refractivity contribution is 0.0693. The maximum atomic E-state index is 12.8. The van der Waals surface area contributed by atoms with Gasteiger partial charge in [0.1, 0.15) is 11.3 Å². The molecule has 0 aliphatic carbocycles. The average Bonchev–Trinajstić information content (AvgIpc) is 3.05. The predicted octanol–water partition coefficient (Wildman–Crippen LogP) is 4.79. The number of ether oxygens (including phenoxy) is 2. The minimum Gasteiger partial charge on any atom is -0.493 e. The minimum atomic E-state index is -1.21. The molecule has 1 unspecified atom stereocenters. The first-order chi connectivity index (χ1) is 16.9. The van der Waals surface area contributed by atoms with Crippen molar-refractivity contribution < 1.29 is 19.4 Å². The van der Waals surface area contributed by atoms with Crippen LogP contribution in [0.25, 0.3) is 22.4 Å². The quantitative estimate of drug-likeness (QED) is 0.476. The fourth-order valence-electron chi connectivity index (χ4n) is 5.11. The van der Waals surface area contributed by atoms with E-state index in [0.29, 0.717) is 19.6 Å². The molecule has 1 N–H and O–H groups in total. The highest BCUT2D eigenvalue weighted by molar-refractivity contribution is 5.88. The number of hydrogen-bond acceptors (Lipinski definition) is 5. The number of aryl methyl sites for hydroxylation is 2. The topological polar surface area (TPSA) is 95.6 Å². The molecule has 192 valence electrons. The van der Waals surface area contributed by atoms with Crippen LogP contribution >= 0.6 is 0 Å². The molecule has 2 aromatic heterocycles. The van der Waals surface area contributed by atoms with Crippen LogP contribution in [0.1, 0.15) is 60.5 Å². The Kier molecular flexibility index (Phi) is 6.84. The van der Waals surface area contributed by atoms with Crippen LogP contribution in [0.4, 0.5) is 0 Å². The summed E-state index contributed by atoms with van der Waals surface area (Å²) in [6, 6.07) is 5.59. The zero-order valence-corrected chi connectivity index (χ0v) is 22.1. The molecule has 0 amide bonds. The van der Waals surface area contributed by atoms with Gasteiger partial charge < -0.3 is 19.1 Å². The number of aromatic carboxylic acids is 1. The highest BCUT2D eigenvalue weighted by Crippen LogP contribution is 2.46. The summed E-state index contributed by atoms with van der Waals surface area (Å²) in [6.07, 6.45) is 2.96. The third-order valence-corrected chi connectivity index (χ3v) is 7.07. The van der Waals surface area contributed by atoms with Gasteiger partial charge in [-0.1, -0.05) is 20.8 Å². The van der Waals surface area contributed by atoms with Crippen LogP contribution in [-0.2, 0) is 18.2 Å². The van der Waals surface area contributed by atoms with Crippen LogP contribution in [0, 0.1) is 19.3 Å². The molecule has 0 bridgehead atoms. The SMILES string of the molecule is COCCCOc1cc2c(cc1-c1c(C)nn(C)c1C)-c1cc(=O)c(C(=O)O)cn1C(C(C)(C)C)C2. The van der Waals surface area contributed by atoms with Crippen molar-refractivity contribution in [2.24, 2.45) is 12.5 Å². The van der Waals surface area contributed by atoms with Gasteiger partial charge in [0.05, 0.1) is 18.0 Å². The molecule has 3 heterocycles. The maximum Gasteiger partial charge on any atom is 0.341 e. The number of fused-ring (bicyclic) bond motifs is 3. The maximum absolute atomic E-state index is 12.8. The van der Waals surface area contributed by atoms with Gasteiger partial charge in [0, 0.05) is 67.9 Å². The smallest absolute Gasteiger partial charge is 0.341 e.